The molecule has 0 amide bonds. The first-order valence-electron chi connectivity index (χ1n) is 0.387. The maximum atomic E-state index is 8.30. The molecular formula is O2SbSi. The van der Waals surface area contributed by atoms with Gasteiger partial charge in [0.15, 0.2) is 0 Å². The van der Waals surface area contributed by atoms with Crippen LogP contribution in [0.15, 0.2) is 0 Å². The molecule has 0 spiro atoms. The molecule has 21 valence electrons. The van der Waals surface area contributed by atoms with Crippen LogP contribution < -0.4 is 0 Å². The second-order valence-corrected chi connectivity index (χ2v) is 0. The Hall–Kier alpha value is 0.635. The normalized spacial score (nSPS) is 2.00. The van der Waals surface area contributed by atoms with Crippen molar-refractivity contribution >= 4 is 33.1 Å². The van der Waals surface area contributed by atoms with Crippen LogP contribution in [-0.2, 0) is 7.48 Å². The van der Waals surface area contributed by atoms with Gasteiger partial charge >= 0.3 is 36.2 Å². The molecule has 0 N–H and O–H groups in total. The number of hydrogen-bond donors (Lipinski definition) is 0. The van der Waals surface area contributed by atoms with Crippen LogP contribution in [0, 0.1) is 0 Å². The summed E-state index contributed by atoms with van der Waals surface area (Å²) in [5, 5.41) is 0. The zero-order chi connectivity index (χ0) is 4.00. The van der Waals surface area contributed by atoms with Crippen molar-refractivity contribution in [3.8, 4) is 0 Å². The Balaban J connectivity index is 0. The Morgan fingerprint density at radius 2 is 1.25 bits per heavy atom. The third-order valence-electron chi connectivity index (χ3n) is 0. The molecule has 4 heavy (non-hydrogen) atoms. The van der Waals surface area contributed by atoms with Crippen molar-refractivity contribution in [3.05, 3.63) is 0 Å². The minimum absolute atomic E-state index is 0.500. The standard InChI is InChI=1S/OSi.O.Sb/c1-2;;. The summed E-state index contributed by atoms with van der Waals surface area (Å²) in [6.45, 7) is 0. The van der Waals surface area contributed by atoms with E-state index < -0.39 is 0 Å². The van der Waals surface area contributed by atoms with Crippen molar-refractivity contribution < 1.29 is 7.48 Å². The van der Waals surface area contributed by atoms with Crippen molar-refractivity contribution in [1.82, 2.24) is 0 Å². The molecule has 0 saturated carbocycles. The van der Waals surface area contributed by atoms with Gasteiger partial charge in [0.1, 0.15) is 0 Å². The first kappa shape index (κ1) is 8.82. The van der Waals surface area contributed by atoms with Gasteiger partial charge in [0.2, 0.25) is 0 Å². The molecule has 0 aliphatic heterocycles. The molecule has 0 unspecified atom stereocenters. The van der Waals surface area contributed by atoms with Gasteiger partial charge in [0, 0.05) is 0 Å². The molecule has 0 bridgehead atoms. The molecule has 0 aromatic rings. The molecule has 0 aromatic heterocycles. The predicted octanol–water partition coefficient (Wildman–Crippen LogP) is -0.999. The molecule has 0 rings (SSSR count). The third kappa shape index (κ3) is 17.5. The van der Waals surface area contributed by atoms with E-state index in [1.165, 1.54) is 0 Å². The Morgan fingerprint density at radius 1 is 1.25 bits per heavy atom. The van der Waals surface area contributed by atoms with Crippen molar-refractivity contribution in [3.63, 3.8) is 0 Å². The molecule has 0 fully saturated rings. The molecule has 0 heterocycles. The van der Waals surface area contributed by atoms with Crippen LogP contribution in [0.2, 0.25) is 0 Å². The van der Waals surface area contributed by atoms with E-state index in [-0.39, 0.29) is 0 Å². The SMILES string of the molecule is O=[Si].[O]=[Sb]. The maximum absolute atomic E-state index is 8.30. The third-order valence-corrected chi connectivity index (χ3v) is 0. The summed E-state index contributed by atoms with van der Waals surface area (Å²) in [5.41, 5.74) is 0. The van der Waals surface area contributed by atoms with Gasteiger partial charge in [0.05, 0.1) is 0 Å². The quantitative estimate of drug-likeness (QED) is 0.450. The molecule has 0 aromatic carbocycles. The molecule has 0 aliphatic carbocycles. The van der Waals surface area contributed by atoms with Crippen molar-refractivity contribution in [2.45, 2.75) is 0 Å². The summed E-state index contributed by atoms with van der Waals surface area (Å²) in [6, 6.07) is 0. The van der Waals surface area contributed by atoms with E-state index >= 15 is 0 Å². The van der Waals surface area contributed by atoms with E-state index in [9.17, 15) is 0 Å². The zero-order valence-corrected chi connectivity index (χ0v) is 5.32. The van der Waals surface area contributed by atoms with Gasteiger partial charge in [-0.25, -0.2) is 0 Å². The minimum atomic E-state index is 0.500. The van der Waals surface area contributed by atoms with Crippen molar-refractivity contribution in [2.24, 2.45) is 0 Å². The molecule has 0 aliphatic rings. The summed E-state index contributed by atoms with van der Waals surface area (Å²) in [5.74, 6) is 0. The second-order valence-electron chi connectivity index (χ2n) is 0. The van der Waals surface area contributed by atoms with Crippen LogP contribution in [0.1, 0.15) is 0 Å². The van der Waals surface area contributed by atoms with Crippen LogP contribution in [0.25, 0.3) is 0 Å². The van der Waals surface area contributed by atoms with E-state index in [0.29, 0.717) is 23.0 Å². The first-order valence-corrected chi connectivity index (χ1v) is 1.84. The van der Waals surface area contributed by atoms with E-state index in [1.54, 1.807) is 10.1 Å². The Kier molecular flexibility index (Phi) is 138. The number of hydrogen-bond acceptors (Lipinski definition) is 2. The van der Waals surface area contributed by atoms with Crippen molar-refractivity contribution in [1.29, 1.82) is 0 Å². The fourth-order valence-corrected chi connectivity index (χ4v) is 0. The van der Waals surface area contributed by atoms with Gasteiger partial charge in [0.25, 0.3) is 0 Å². The van der Waals surface area contributed by atoms with E-state index in [2.05, 4.69) is 0 Å². The van der Waals surface area contributed by atoms with E-state index in [0.717, 1.165) is 0 Å². The first-order chi connectivity index (χ1) is 2.00. The van der Waals surface area contributed by atoms with Gasteiger partial charge in [-0.3, -0.25) is 0 Å². The van der Waals surface area contributed by atoms with E-state index in [1.807, 2.05) is 0 Å². The summed E-state index contributed by atoms with van der Waals surface area (Å²) in [7, 11) is 1.72. The molecular weight excluding hydrogens is 182 g/mol. The van der Waals surface area contributed by atoms with Crippen LogP contribution in [0.3, 0.4) is 0 Å². The topological polar surface area (TPSA) is 34.1 Å². The molecule has 3 radical (unpaired) electrons. The summed E-state index contributed by atoms with van der Waals surface area (Å²) in [6.07, 6.45) is 0. The Bertz CT molecular complexity index is 8.00. The van der Waals surface area contributed by atoms with Crippen LogP contribution in [-0.4, -0.2) is 33.1 Å². The fraction of sp³-hybridized carbons (Fsp3) is 0. The number of rotatable bonds is 0. The molecule has 0 atom stereocenters. The second kappa shape index (κ2) is 62.6. The van der Waals surface area contributed by atoms with Gasteiger partial charge in [-0.05, 0) is 0 Å². The van der Waals surface area contributed by atoms with Gasteiger partial charge in [-0.1, -0.05) is 0 Å². The summed E-state index contributed by atoms with van der Waals surface area (Å²) in [4.78, 5) is 0. The van der Waals surface area contributed by atoms with Crippen LogP contribution >= 0.6 is 0 Å². The Labute approximate surface area is 40.9 Å². The van der Waals surface area contributed by atoms with Crippen LogP contribution in [0.4, 0.5) is 0 Å². The summed E-state index contributed by atoms with van der Waals surface area (Å²) >= 11 is 0.500. The molecule has 4 heteroatoms. The summed E-state index contributed by atoms with van der Waals surface area (Å²) < 4.78 is 16.4. The van der Waals surface area contributed by atoms with Crippen molar-refractivity contribution in [2.75, 3.05) is 0 Å². The average molecular weight is 182 g/mol. The molecule has 0 saturated heterocycles. The zero-order valence-electron chi connectivity index (χ0n) is 1.76. The fourth-order valence-electron chi connectivity index (χ4n) is 0. The van der Waals surface area contributed by atoms with E-state index in [4.69, 9.17) is 7.48 Å². The average Bonchev–Trinajstić information content (AvgIpc) is 1.50. The predicted molar refractivity (Wildman–Crippen MR) is 12.9 cm³/mol. The van der Waals surface area contributed by atoms with Crippen LogP contribution in [0.5, 0.6) is 0 Å². The molecule has 2 nitrogen and oxygen atoms in total. The monoisotopic (exact) mass is 181 g/mol. The van der Waals surface area contributed by atoms with Gasteiger partial charge in [-0.15, -0.1) is 0 Å². The van der Waals surface area contributed by atoms with Gasteiger partial charge < -0.3 is 4.46 Å². The Morgan fingerprint density at radius 3 is 1.25 bits per heavy atom. The van der Waals surface area contributed by atoms with Gasteiger partial charge in [-0.2, -0.15) is 0 Å².